The van der Waals surface area contributed by atoms with E-state index in [9.17, 15) is 4.79 Å². The molecule has 4 aromatic rings. The van der Waals surface area contributed by atoms with Crippen molar-refractivity contribution >= 4 is 35.1 Å². The number of amides is 1. The minimum absolute atomic E-state index is 0.209. The number of hydrogen-bond acceptors (Lipinski definition) is 5. The number of nitrogens with one attached hydrogen (secondary N) is 2. The zero-order chi connectivity index (χ0) is 23.7. The Morgan fingerprint density at radius 2 is 1.74 bits per heavy atom. The number of rotatable bonds is 5. The molecule has 0 radical (unpaired) electrons. The van der Waals surface area contributed by atoms with Gasteiger partial charge in [-0.05, 0) is 60.5 Å². The largest absolute Gasteiger partial charge is 0.497 e. The Kier molecular flexibility index (Phi) is 5.77. The van der Waals surface area contributed by atoms with E-state index in [-0.39, 0.29) is 17.9 Å². The van der Waals surface area contributed by atoms with Gasteiger partial charge in [0.05, 0.1) is 7.11 Å². The Labute approximate surface area is 202 Å². The van der Waals surface area contributed by atoms with Gasteiger partial charge >= 0.3 is 0 Å². The maximum atomic E-state index is 12.7. The molecule has 0 spiro atoms. The molecular weight excluding hydrogens is 450 g/mol. The van der Waals surface area contributed by atoms with E-state index in [0.29, 0.717) is 22.3 Å². The minimum Gasteiger partial charge on any atom is -0.497 e. The van der Waals surface area contributed by atoms with Crippen LogP contribution < -0.4 is 15.4 Å². The van der Waals surface area contributed by atoms with Gasteiger partial charge in [-0.25, -0.2) is 4.68 Å². The highest BCUT2D eigenvalue weighted by Gasteiger charge is 2.26. The summed E-state index contributed by atoms with van der Waals surface area (Å²) in [5.74, 6) is 1.11. The molecule has 1 atom stereocenters. The number of allylic oxidation sites excluding steroid dienone is 1. The van der Waals surface area contributed by atoms with Crippen molar-refractivity contribution in [3.05, 3.63) is 106 Å². The van der Waals surface area contributed by atoms with Crippen LogP contribution in [0.25, 0.3) is 5.70 Å². The summed E-state index contributed by atoms with van der Waals surface area (Å²) in [6.45, 7) is 2.05. The Balaban J connectivity index is 1.48. The van der Waals surface area contributed by atoms with Crippen molar-refractivity contribution in [3.63, 3.8) is 0 Å². The van der Waals surface area contributed by atoms with Gasteiger partial charge < -0.3 is 10.1 Å². The van der Waals surface area contributed by atoms with Crippen LogP contribution in [0.4, 0.5) is 11.9 Å². The molecule has 2 N–H and O–H groups in total. The van der Waals surface area contributed by atoms with Crippen LogP contribution in [0.1, 0.15) is 33.1 Å². The van der Waals surface area contributed by atoms with E-state index in [1.54, 1.807) is 36.1 Å². The molecule has 1 aromatic heterocycles. The quantitative estimate of drug-likeness (QED) is 0.398. The first-order valence-corrected chi connectivity index (χ1v) is 11.1. The second-order valence-electron chi connectivity index (χ2n) is 7.95. The molecule has 0 aliphatic carbocycles. The average molecular weight is 472 g/mol. The van der Waals surface area contributed by atoms with Crippen molar-refractivity contribution in [2.24, 2.45) is 0 Å². The number of hydrogen-bond donors (Lipinski definition) is 2. The third-order valence-electron chi connectivity index (χ3n) is 5.62. The zero-order valence-corrected chi connectivity index (χ0v) is 19.4. The Morgan fingerprint density at radius 3 is 2.41 bits per heavy atom. The van der Waals surface area contributed by atoms with Crippen molar-refractivity contribution in [1.29, 1.82) is 0 Å². The number of fused-ring (bicyclic) bond motifs is 1. The fraction of sp³-hybridized carbons (Fsp3) is 0.115. The van der Waals surface area contributed by atoms with Gasteiger partial charge in [0.25, 0.3) is 11.9 Å². The highest BCUT2D eigenvalue weighted by molar-refractivity contribution is 6.30. The number of ether oxygens (including phenoxy) is 1. The van der Waals surface area contributed by atoms with Crippen LogP contribution in [-0.4, -0.2) is 27.8 Å². The SMILES string of the molecule is COc1ccc(C(=O)Nc2nc3n(n2)C(c2ccc(Cl)cc2)C=C(c2ccc(C)cc2)N3)cc1. The third-order valence-corrected chi connectivity index (χ3v) is 5.87. The van der Waals surface area contributed by atoms with E-state index in [2.05, 4.69) is 58.0 Å². The van der Waals surface area contributed by atoms with Gasteiger partial charge in [0, 0.05) is 16.3 Å². The summed E-state index contributed by atoms with van der Waals surface area (Å²) in [5, 5.41) is 11.4. The molecule has 0 saturated heterocycles. The normalized spacial score (nSPS) is 14.6. The van der Waals surface area contributed by atoms with Crippen LogP contribution in [-0.2, 0) is 0 Å². The lowest BCUT2D eigenvalue weighted by Gasteiger charge is -2.24. The van der Waals surface area contributed by atoms with Crippen LogP contribution in [0.2, 0.25) is 5.02 Å². The Morgan fingerprint density at radius 1 is 1.03 bits per heavy atom. The molecule has 1 aliphatic heterocycles. The van der Waals surface area contributed by atoms with Crippen molar-refractivity contribution < 1.29 is 9.53 Å². The topological polar surface area (TPSA) is 81.1 Å². The van der Waals surface area contributed by atoms with E-state index in [4.69, 9.17) is 16.3 Å². The first kappa shape index (κ1) is 21.7. The minimum atomic E-state index is -0.305. The van der Waals surface area contributed by atoms with Crippen molar-refractivity contribution in [3.8, 4) is 5.75 Å². The molecule has 1 aliphatic rings. The number of anilines is 2. The smallest absolute Gasteiger partial charge is 0.258 e. The number of methoxy groups -OCH3 is 1. The molecule has 5 rings (SSSR count). The average Bonchev–Trinajstić information content (AvgIpc) is 3.27. The molecule has 0 saturated carbocycles. The standard InChI is InChI=1S/C26H22ClN5O2/c1-16-3-5-17(6-4-16)22-15-23(18-7-11-20(27)12-8-18)32-26(28-22)30-25(31-32)29-24(33)19-9-13-21(34-2)14-10-19/h3-15,23H,1-2H3,(H2,28,29,30,31,33). The molecule has 1 amide bonds. The molecular formula is C26H22ClN5O2. The number of halogens is 1. The van der Waals surface area contributed by atoms with Gasteiger partial charge in [-0.15, -0.1) is 5.10 Å². The van der Waals surface area contributed by atoms with Gasteiger partial charge in [-0.2, -0.15) is 4.98 Å². The van der Waals surface area contributed by atoms with Crippen molar-refractivity contribution in [1.82, 2.24) is 14.8 Å². The first-order chi connectivity index (χ1) is 16.5. The molecule has 0 fully saturated rings. The van der Waals surface area contributed by atoms with E-state index in [1.165, 1.54) is 5.56 Å². The first-order valence-electron chi connectivity index (χ1n) is 10.7. The molecule has 8 heteroatoms. The Hall–Kier alpha value is -4.10. The van der Waals surface area contributed by atoms with Gasteiger partial charge in [0.15, 0.2) is 0 Å². The highest BCUT2D eigenvalue weighted by Crippen LogP contribution is 2.33. The van der Waals surface area contributed by atoms with E-state index in [1.807, 2.05) is 24.3 Å². The van der Waals surface area contributed by atoms with Crippen LogP contribution >= 0.6 is 11.6 Å². The number of nitrogens with zero attached hydrogens (tertiary/aromatic N) is 3. The fourth-order valence-corrected chi connectivity index (χ4v) is 3.89. The number of benzene rings is 3. The summed E-state index contributed by atoms with van der Waals surface area (Å²) in [6, 6.07) is 22.5. The molecule has 170 valence electrons. The highest BCUT2D eigenvalue weighted by atomic mass is 35.5. The monoisotopic (exact) mass is 471 g/mol. The predicted molar refractivity (Wildman–Crippen MR) is 133 cm³/mol. The summed E-state index contributed by atoms with van der Waals surface area (Å²) in [6.07, 6.45) is 2.09. The molecule has 1 unspecified atom stereocenters. The third kappa shape index (κ3) is 4.38. The molecule has 3 aromatic carbocycles. The lowest BCUT2D eigenvalue weighted by atomic mass is 10.0. The van der Waals surface area contributed by atoms with Gasteiger partial charge in [-0.3, -0.25) is 10.1 Å². The summed E-state index contributed by atoms with van der Waals surface area (Å²) in [4.78, 5) is 17.3. The van der Waals surface area contributed by atoms with Crippen LogP contribution in [0.5, 0.6) is 5.75 Å². The Bertz CT molecular complexity index is 1360. The number of aryl methyl sites for hydroxylation is 1. The molecule has 34 heavy (non-hydrogen) atoms. The van der Waals surface area contributed by atoms with Crippen LogP contribution in [0, 0.1) is 6.92 Å². The summed E-state index contributed by atoms with van der Waals surface area (Å²) < 4.78 is 6.91. The molecule has 7 nitrogen and oxygen atoms in total. The van der Waals surface area contributed by atoms with Gasteiger partial charge in [0.2, 0.25) is 5.95 Å². The predicted octanol–water partition coefficient (Wildman–Crippen LogP) is 5.56. The number of carbonyl (C=O) groups is 1. The van der Waals surface area contributed by atoms with E-state index < -0.39 is 0 Å². The van der Waals surface area contributed by atoms with E-state index >= 15 is 0 Å². The second kappa shape index (κ2) is 9.03. The molecule has 0 bridgehead atoms. The lowest BCUT2D eigenvalue weighted by Crippen LogP contribution is -2.20. The van der Waals surface area contributed by atoms with Gasteiger partial charge in [-0.1, -0.05) is 53.6 Å². The number of aromatic nitrogens is 3. The van der Waals surface area contributed by atoms with E-state index in [0.717, 1.165) is 16.8 Å². The summed E-state index contributed by atoms with van der Waals surface area (Å²) in [5.41, 5.74) is 4.60. The maximum absolute atomic E-state index is 12.7. The zero-order valence-electron chi connectivity index (χ0n) is 18.6. The van der Waals surface area contributed by atoms with Crippen LogP contribution in [0.15, 0.2) is 78.9 Å². The summed E-state index contributed by atoms with van der Waals surface area (Å²) >= 11 is 6.11. The lowest BCUT2D eigenvalue weighted by molar-refractivity contribution is 0.102. The second-order valence-corrected chi connectivity index (χ2v) is 8.39. The number of carbonyl (C=O) groups excluding carboxylic acids is 1. The maximum Gasteiger partial charge on any atom is 0.258 e. The molecule has 2 heterocycles. The van der Waals surface area contributed by atoms with Gasteiger partial charge in [0.1, 0.15) is 11.8 Å². The van der Waals surface area contributed by atoms with Crippen molar-refractivity contribution in [2.75, 3.05) is 17.7 Å². The van der Waals surface area contributed by atoms with Crippen molar-refractivity contribution in [2.45, 2.75) is 13.0 Å². The fourth-order valence-electron chi connectivity index (χ4n) is 3.76. The summed E-state index contributed by atoms with van der Waals surface area (Å²) in [7, 11) is 1.58. The van der Waals surface area contributed by atoms with Crippen LogP contribution in [0.3, 0.4) is 0 Å².